The first-order chi connectivity index (χ1) is 15.6. The van der Waals surface area contributed by atoms with Gasteiger partial charge in [-0.2, -0.15) is 0 Å². The Balaban J connectivity index is 2.12. The molecule has 1 amide bonds. The third-order valence-corrected chi connectivity index (χ3v) is 8.33. The van der Waals surface area contributed by atoms with Gasteiger partial charge in [-0.05, 0) is 53.5 Å². The molecule has 0 saturated carbocycles. The number of likely N-dealkylation sites (N-methyl/N-ethyl adjacent to an activating group) is 1. The summed E-state index contributed by atoms with van der Waals surface area (Å²) in [6.45, 7) is 11.3. The van der Waals surface area contributed by atoms with Crippen LogP contribution in [-0.4, -0.2) is 35.2 Å². The van der Waals surface area contributed by atoms with Gasteiger partial charge in [-0.1, -0.05) is 110 Å². The van der Waals surface area contributed by atoms with Gasteiger partial charge in [-0.25, -0.2) is 4.79 Å². The van der Waals surface area contributed by atoms with Gasteiger partial charge >= 0.3 is 6.09 Å². The lowest BCUT2D eigenvalue weighted by Gasteiger charge is -2.57. The summed E-state index contributed by atoms with van der Waals surface area (Å²) < 4.78 is 5.66. The van der Waals surface area contributed by atoms with Crippen LogP contribution in [0.2, 0.25) is 0 Å². The smallest absolute Gasteiger partial charge is 0.404 e. The van der Waals surface area contributed by atoms with Crippen molar-refractivity contribution in [2.45, 2.75) is 167 Å². The van der Waals surface area contributed by atoms with E-state index in [9.17, 15) is 4.79 Å². The molecule has 33 heavy (non-hydrogen) atoms. The summed E-state index contributed by atoms with van der Waals surface area (Å²) in [7, 11) is 2.14. The first kappa shape index (κ1) is 30.3. The van der Waals surface area contributed by atoms with Crippen molar-refractivity contribution in [1.82, 2.24) is 4.90 Å². The zero-order chi connectivity index (χ0) is 24.7. The molecular weight excluding hydrogens is 408 g/mol. The van der Waals surface area contributed by atoms with Gasteiger partial charge in [0.1, 0.15) is 6.10 Å². The van der Waals surface area contributed by atoms with Crippen LogP contribution in [0.4, 0.5) is 4.79 Å². The Kier molecular flexibility index (Phi) is 14.7. The van der Waals surface area contributed by atoms with Crippen molar-refractivity contribution >= 4 is 6.09 Å². The van der Waals surface area contributed by atoms with E-state index in [1.165, 1.54) is 103 Å². The van der Waals surface area contributed by atoms with Crippen molar-refractivity contribution in [1.29, 1.82) is 0 Å². The van der Waals surface area contributed by atoms with Gasteiger partial charge in [0.2, 0.25) is 0 Å². The second-order valence-corrected chi connectivity index (χ2v) is 11.9. The van der Waals surface area contributed by atoms with E-state index in [0.717, 1.165) is 12.8 Å². The van der Waals surface area contributed by atoms with E-state index in [1.54, 1.807) is 0 Å². The molecule has 0 aromatic carbocycles. The predicted molar refractivity (Wildman–Crippen MR) is 143 cm³/mol. The first-order valence-electron chi connectivity index (χ1n) is 14.3. The van der Waals surface area contributed by atoms with E-state index in [4.69, 9.17) is 10.5 Å². The number of ether oxygens (including phenoxy) is 1. The van der Waals surface area contributed by atoms with E-state index in [-0.39, 0.29) is 17.2 Å². The molecule has 0 aromatic heterocycles. The largest absolute Gasteiger partial charge is 0.444 e. The molecule has 1 fully saturated rings. The second kappa shape index (κ2) is 16.0. The number of primary amides is 1. The van der Waals surface area contributed by atoms with Crippen molar-refractivity contribution in [3.63, 3.8) is 0 Å². The second-order valence-electron chi connectivity index (χ2n) is 11.9. The van der Waals surface area contributed by atoms with Crippen LogP contribution in [0.3, 0.4) is 0 Å². The van der Waals surface area contributed by atoms with Crippen molar-refractivity contribution in [3.05, 3.63) is 0 Å². The number of amides is 1. The van der Waals surface area contributed by atoms with Crippen LogP contribution in [0, 0.1) is 5.92 Å². The van der Waals surface area contributed by atoms with Gasteiger partial charge in [0.15, 0.2) is 0 Å². The molecule has 0 radical (unpaired) electrons. The Morgan fingerprint density at radius 3 is 1.58 bits per heavy atom. The highest BCUT2D eigenvalue weighted by atomic mass is 16.6. The summed E-state index contributed by atoms with van der Waals surface area (Å²) in [5, 5.41) is 0. The molecule has 1 heterocycles. The number of piperidine rings is 1. The van der Waals surface area contributed by atoms with E-state index in [0.29, 0.717) is 5.92 Å². The van der Waals surface area contributed by atoms with Gasteiger partial charge in [0.05, 0.1) is 5.54 Å². The summed E-state index contributed by atoms with van der Waals surface area (Å²) in [6.07, 6.45) is 23.6. The van der Waals surface area contributed by atoms with Gasteiger partial charge in [0, 0.05) is 5.54 Å². The third-order valence-electron chi connectivity index (χ3n) is 8.33. The summed E-state index contributed by atoms with van der Waals surface area (Å²) in [5.74, 6) is 0.380. The minimum atomic E-state index is -0.641. The number of likely N-dealkylation sites (tertiary alicyclic amines) is 1. The van der Waals surface area contributed by atoms with Crippen LogP contribution in [-0.2, 0) is 4.74 Å². The Bertz CT molecular complexity index is 518. The minimum Gasteiger partial charge on any atom is -0.444 e. The SMILES string of the molecule is CCCCCCCCCCCCCCCCCCC1CC(C)(C)N(C)C(C)(C)C1OC(N)=O. The number of unbranched alkanes of at least 4 members (excludes halogenated alkanes) is 15. The zero-order valence-electron chi connectivity index (χ0n) is 23.2. The molecule has 4 heteroatoms. The van der Waals surface area contributed by atoms with Crippen LogP contribution in [0.5, 0.6) is 0 Å². The van der Waals surface area contributed by atoms with Gasteiger partial charge in [0.25, 0.3) is 0 Å². The van der Waals surface area contributed by atoms with Crippen LogP contribution in [0.1, 0.15) is 150 Å². The molecule has 1 saturated heterocycles. The summed E-state index contributed by atoms with van der Waals surface area (Å²) >= 11 is 0. The minimum absolute atomic E-state index is 0.0979. The lowest BCUT2D eigenvalue weighted by molar-refractivity contribution is -0.125. The van der Waals surface area contributed by atoms with Crippen LogP contribution in [0.25, 0.3) is 0 Å². The maximum absolute atomic E-state index is 11.6. The highest BCUT2D eigenvalue weighted by Crippen LogP contribution is 2.43. The molecule has 2 atom stereocenters. The fourth-order valence-electron chi connectivity index (χ4n) is 6.01. The van der Waals surface area contributed by atoms with Gasteiger partial charge < -0.3 is 10.5 Å². The summed E-state index contributed by atoms with van der Waals surface area (Å²) in [5.41, 5.74) is 5.32. The van der Waals surface area contributed by atoms with Crippen molar-refractivity contribution < 1.29 is 9.53 Å². The topological polar surface area (TPSA) is 55.6 Å². The van der Waals surface area contributed by atoms with Crippen LogP contribution < -0.4 is 5.73 Å². The maximum atomic E-state index is 11.6. The highest BCUT2D eigenvalue weighted by molar-refractivity contribution is 5.65. The average Bonchev–Trinajstić information content (AvgIpc) is 2.74. The number of nitrogens with two attached hydrogens (primary N) is 1. The van der Waals surface area contributed by atoms with E-state index >= 15 is 0 Å². The van der Waals surface area contributed by atoms with Crippen LogP contribution >= 0.6 is 0 Å². The number of hydrogen-bond acceptors (Lipinski definition) is 3. The monoisotopic (exact) mass is 466 g/mol. The number of carbonyl (C=O) groups is 1. The molecule has 0 aliphatic carbocycles. The molecule has 0 spiro atoms. The third kappa shape index (κ3) is 11.5. The molecule has 2 N–H and O–H groups in total. The molecule has 1 aliphatic rings. The number of rotatable bonds is 18. The molecule has 1 rings (SSSR count). The lowest BCUT2D eigenvalue weighted by atomic mass is 9.70. The predicted octanol–water partition coefficient (Wildman–Crippen LogP) is 8.61. The molecule has 0 aromatic rings. The summed E-state index contributed by atoms with van der Waals surface area (Å²) in [6, 6.07) is 0. The Morgan fingerprint density at radius 2 is 1.18 bits per heavy atom. The Hall–Kier alpha value is -0.770. The van der Waals surface area contributed by atoms with E-state index in [1.807, 2.05) is 0 Å². The number of hydrogen-bond donors (Lipinski definition) is 1. The fraction of sp³-hybridized carbons (Fsp3) is 0.966. The highest BCUT2D eigenvalue weighted by Gasteiger charge is 2.51. The fourth-order valence-corrected chi connectivity index (χ4v) is 6.01. The zero-order valence-corrected chi connectivity index (χ0v) is 23.2. The van der Waals surface area contributed by atoms with E-state index in [2.05, 4.69) is 46.6 Å². The molecule has 4 nitrogen and oxygen atoms in total. The van der Waals surface area contributed by atoms with Crippen molar-refractivity contribution in [2.24, 2.45) is 11.7 Å². The van der Waals surface area contributed by atoms with Crippen molar-refractivity contribution in [2.75, 3.05) is 7.05 Å². The van der Waals surface area contributed by atoms with Gasteiger partial charge in [-0.15, -0.1) is 0 Å². The number of nitrogens with zero attached hydrogens (tertiary/aromatic N) is 1. The number of carbonyl (C=O) groups excluding carboxylic acids is 1. The molecule has 0 bridgehead atoms. The first-order valence-corrected chi connectivity index (χ1v) is 14.3. The molecular formula is C29H58N2O2. The maximum Gasteiger partial charge on any atom is 0.404 e. The average molecular weight is 467 g/mol. The van der Waals surface area contributed by atoms with Crippen LogP contribution in [0.15, 0.2) is 0 Å². The Labute approximate surface area is 206 Å². The Morgan fingerprint density at radius 1 is 0.788 bits per heavy atom. The molecule has 1 aliphatic heterocycles. The molecule has 2 unspecified atom stereocenters. The standard InChI is InChI=1S/C29H58N2O2/c1-7-8-9-10-11-12-13-14-15-16-17-18-19-20-21-22-23-25-24-28(2,3)31(6)29(4,5)26(25)33-27(30)32/h25-26H,7-24H2,1-6H3,(H2,30,32). The lowest BCUT2D eigenvalue weighted by Crippen LogP contribution is -2.66. The normalized spacial score (nSPS) is 22.4. The van der Waals surface area contributed by atoms with E-state index < -0.39 is 6.09 Å². The van der Waals surface area contributed by atoms with Crippen molar-refractivity contribution in [3.8, 4) is 0 Å². The van der Waals surface area contributed by atoms with Gasteiger partial charge in [-0.3, -0.25) is 4.90 Å². The quantitative estimate of drug-likeness (QED) is 0.206. The summed E-state index contributed by atoms with van der Waals surface area (Å²) in [4.78, 5) is 13.9. The molecule has 196 valence electrons.